The van der Waals surface area contributed by atoms with Gasteiger partial charge in [0.2, 0.25) is 0 Å². The number of anilines is 1. The Labute approximate surface area is 182 Å². The Balaban J connectivity index is 1.79. The zero-order valence-electron chi connectivity index (χ0n) is 18.5. The molecule has 31 heavy (non-hydrogen) atoms. The summed E-state index contributed by atoms with van der Waals surface area (Å²) in [4.78, 5) is 32.7. The molecule has 2 aliphatic rings. The van der Waals surface area contributed by atoms with E-state index in [4.69, 9.17) is 0 Å². The summed E-state index contributed by atoms with van der Waals surface area (Å²) in [5.74, 6) is -1.07. The summed E-state index contributed by atoms with van der Waals surface area (Å²) in [5, 5.41) is 0. The van der Waals surface area contributed by atoms with Crippen LogP contribution >= 0.6 is 0 Å². The molecular formula is C25H28FN3O2. The van der Waals surface area contributed by atoms with Crippen LogP contribution in [0.2, 0.25) is 0 Å². The first kappa shape index (κ1) is 21.2. The van der Waals surface area contributed by atoms with Crippen molar-refractivity contribution in [3.63, 3.8) is 0 Å². The van der Waals surface area contributed by atoms with E-state index in [0.717, 1.165) is 37.1 Å². The number of imide groups is 1. The Morgan fingerprint density at radius 2 is 1.58 bits per heavy atom. The zero-order chi connectivity index (χ0) is 22.3. The second-order valence-electron chi connectivity index (χ2n) is 8.59. The van der Waals surface area contributed by atoms with Gasteiger partial charge in [-0.05, 0) is 87.8 Å². The Morgan fingerprint density at radius 1 is 0.935 bits per heavy atom. The summed E-state index contributed by atoms with van der Waals surface area (Å²) < 4.78 is 13.6. The number of likely N-dealkylation sites (tertiary alicyclic amines) is 1. The minimum Gasteiger partial charge on any atom is -0.366 e. The third-order valence-electron chi connectivity index (χ3n) is 6.53. The minimum atomic E-state index is -0.377. The van der Waals surface area contributed by atoms with Crippen molar-refractivity contribution in [3.8, 4) is 0 Å². The van der Waals surface area contributed by atoms with Gasteiger partial charge in [0.15, 0.2) is 0 Å². The summed E-state index contributed by atoms with van der Waals surface area (Å²) in [6.45, 7) is 5.84. The first-order chi connectivity index (χ1) is 14.8. The van der Waals surface area contributed by atoms with E-state index < -0.39 is 0 Å². The lowest BCUT2D eigenvalue weighted by atomic mass is 10.00. The molecule has 2 aromatic carbocycles. The lowest BCUT2D eigenvalue weighted by molar-refractivity contribution is -0.120. The van der Waals surface area contributed by atoms with Crippen molar-refractivity contribution < 1.29 is 14.0 Å². The fourth-order valence-corrected chi connectivity index (χ4v) is 4.39. The average Bonchev–Trinajstić information content (AvgIpc) is 3.01. The van der Waals surface area contributed by atoms with Crippen LogP contribution in [0.5, 0.6) is 0 Å². The second kappa shape index (κ2) is 8.27. The number of benzene rings is 2. The monoisotopic (exact) mass is 421 g/mol. The van der Waals surface area contributed by atoms with Crippen molar-refractivity contribution in [3.05, 3.63) is 70.7 Å². The Hall–Kier alpha value is -2.99. The molecule has 1 saturated heterocycles. The van der Waals surface area contributed by atoms with Crippen molar-refractivity contribution >= 4 is 23.1 Å². The molecule has 0 aliphatic carbocycles. The summed E-state index contributed by atoms with van der Waals surface area (Å²) >= 11 is 0. The third-order valence-corrected chi connectivity index (χ3v) is 6.53. The quantitative estimate of drug-likeness (QED) is 0.706. The van der Waals surface area contributed by atoms with Gasteiger partial charge in [-0.15, -0.1) is 0 Å². The molecule has 2 amide bonds. The SMILES string of the molecule is Cc1ccc(N2C(=O)C(c3ccc(F)cc3)=C(N(C)C3CCN(C)CC3)C2=O)cc1C. The van der Waals surface area contributed by atoms with E-state index >= 15 is 0 Å². The highest BCUT2D eigenvalue weighted by molar-refractivity contribution is 6.45. The first-order valence-corrected chi connectivity index (χ1v) is 10.7. The van der Waals surface area contributed by atoms with Crippen molar-refractivity contribution in [1.29, 1.82) is 0 Å². The zero-order valence-corrected chi connectivity index (χ0v) is 18.5. The van der Waals surface area contributed by atoms with Gasteiger partial charge < -0.3 is 9.80 Å². The van der Waals surface area contributed by atoms with E-state index in [-0.39, 0.29) is 23.7 Å². The van der Waals surface area contributed by atoms with Gasteiger partial charge >= 0.3 is 0 Å². The highest BCUT2D eigenvalue weighted by Crippen LogP contribution is 2.36. The first-order valence-electron chi connectivity index (χ1n) is 10.7. The number of likely N-dealkylation sites (N-methyl/N-ethyl adjacent to an activating group) is 1. The van der Waals surface area contributed by atoms with Gasteiger partial charge in [-0.3, -0.25) is 9.59 Å². The second-order valence-corrected chi connectivity index (χ2v) is 8.59. The van der Waals surface area contributed by atoms with E-state index in [9.17, 15) is 14.0 Å². The van der Waals surface area contributed by atoms with Crippen LogP contribution in [0.25, 0.3) is 5.57 Å². The summed E-state index contributed by atoms with van der Waals surface area (Å²) in [7, 11) is 3.98. The molecule has 0 unspecified atom stereocenters. The minimum absolute atomic E-state index is 0.165. The maximum atomic E-state index is 13.6. The number of nitrogens with zero attached hydrogens (tertiary/aromatic N) is 3. The van der Waals surface area contributed by atoms with Crippen molar-refractivity contribution in [2.24, 2.45) is 0 Å². The molecular weight excluding hydrogens is 393 g/mol. The Bertz CT molecular complexity index is 1050. The smallest absolute Gasteiger partial charge is 0.282 e. The molecule has 0 spiro atoms. The number of halogens is 1. The van der Waals surface area contributed by atoms with Crippen molar-refractivity contribution in [2.45, 2.75) is 32.7 Å². The number of carbonyl (C=O) groups excluding carboxylic acids is 2. The summed E-state index contributed by atoms with van der Waals surface area (Å²) in [5.41, 5.74) is 3.95. The number of hydrogen-bond donors (Lipinski definition) is 0. The molecule has 2 aromatic rings. The molecule has 2 heterocycles. The van der Waals surface area contributed by atoms with Gasteiger partial charge in [0, 0.05) is 13.1 Å². The average molecular weight is 422 g/mol. The van der Waals surface area contributed by atoms with Gasteiger partial charge in [0.05, 0.1) is 11.3 Å². The molecule has 0 bridgehead atoms. The van der Waals surface area contributed by atoms with E-state index in [1.807, 2.05) is 37.9 Å². The molecule has 5 nitrogen and oxygen atoms in total. The fourth-order valence-electron chi connectivity index (χ4n) is 4.39. The predicted octanol–water partition coefficient (Wildman–Crippen LogP) is 3.75. The maximum absolute atomic E-state index is 13.6. The molecule has 1 fully saturated rings. The lowest BCUT2D eigenvalue weighted by Crippen LogP contribution is -2.43. The van der Waals surface area contributed by atoms with E-state index in [1.165, 1.54) is 17.0 Å². The van der Waals surface area contributed by atoms with Crippen LogP contribution in [-0.4, -0.2) is 54.8 Å². The highest BCUT2D eigenvalue weighted by atomic mass is 19.1. The maximum Gasteiger partial charge on any atom is 0.282 e. The van der Waals surface area contributed by atoms with E-state index in [2.05, 4.69) is 11.9 Å². The van der Waals surface area contributed by atoms with Crippen molar-refractivity contribution in [2.75, 3.05) is 32.1 Å². The topological polar surface area (TPSA) is 43.9 Å². The van der Waals surface area contributed by atoms with Gasteiger partial charge in [0.25, 0.3) is 11.8 Å². The third kappa shape index (κ3) is 3.88. The molecule has 2 aliphatic heterocycles. The molecule has 0 saturated carbocycles. The molecule has 4 rings (SSSR count). The van der Waals surface area contributed by atoms with E-state index in [0.29, 0.717) is 22.5 Å². The lowest BCUT2D eigenvalue weighted by Gasteiger charge is -2.36. The van der Waals surface area contributed by atoms with E-state index in [1.54, 1.807) is 18.2 Å². The predicted molar refractivity (Wildman–Crippen MR) is 120 cm³/mol. The van der Waals surface area contributed by atoms with Crippen LogP contribution in [-0.2, 0) is 9.59 Å². The fraction of sp³-hybridized carbons (Fsp3) is 0.360. The standard InChI is InChI=1S/C25H28FN3O2/c1-16-5-10-21(15-17(16)2)29-24(30)22(18-6-8-19(26)9-7-18)23(25(29)31)28(4)20-11-13-27(3)14-12-20/h5-10,15,20H,11-14H2,1-4H3. The number of hydrogen-bond acceptors (Lipinski definition) is 4. The van der Waals surface area contributed by atoms with Gasteiger partial charge in [-0.25, -0.2) is 9.29 Å². The van der Waals surface area contributed by atoms with Crippen LogP contribution in [0.4, 0.5) is 10.1 Å². The number of amides is 2. The normalized spacial score (nSPS) is 18.3. The van der Waals surface area contributed by atoms with Gasteiger partial charge in [-0.2, -0.15) is 0 Å². The molecule has 0 aromatic heterocycles. The molecule has 0 radical (unpaired) electrons. The van der Waals surface area contributed by atoms with Crippen LogP contribution in [0.3, 0.4) is 0 Å². The van der Waals surface area contributed by atoms with Crippen LogP contribution in [0.1, 0.15) is 29.5 Å². The number of aryl methyl sites for hydroxylation is 2. The summed E-state index contributed by atoms with van der Waals surface area (Å²) in [6, 6.07) is 11.5. The highest BCUT2D eigenvalue weighted by Gasteiger charge is 2.43. The number of piperidine rings is 1. The number of rotatable bonds is 4. The van der Waals surface area contributed by atoms with Crippen LogP contribution < -0.4 is 4.90 Å². The largest absolute Gasteiger partial charge is 0.366 e. The Morgan fingerprint density at radius 3 is 2.19 bits per heavy atom. The molecule has 0 atom stereocenters. The van der Waals surface area contributed by atoms with Gasteiger partial charge in [-0.1, -0.05) is 18.2 Å². The van der Waals surface area contributed by atoms with Crippen LogP contribution in [0.15, 0.2) is 48.2 Å². The van der Waals surface area contributed by atoms with Gasteiger partial charge in [0.1, 0.15) is 11.5 Å². The molecule has 0 N–H and O–H groups in total. The number of carbonyl (C=O) groups is 2. The molecule has 162 valence electrons. The van der Waals surface area contributed by atoms with Crippen LogP contribution in [0, 0.1) is 19.7 Å². The van der Waals surface area contributed by atoms with Crippen molar-refractivity contribution in [1.82, 2.24) is 9.80 Å². The Kier molecular flexibility index (Phi) is 5.67. The molecule has 6 heteroatoms. The summed E-state index contributed by atoms with van der Waals surface area (Å²) in [6.07, 6.45) is 1.83.